The van der Waals surface area contributed by atoms with Gasteiger partial charge in [0.05, 0.1) is 28.9 Å². The number of carbonyl (C=O) groups excluding carboxylic acids is 2. The highest BCUT2D eigenvalue weighted by Crippen LogP contribution is 2.39. The van der Waals surface area contributed by atoms with E-state index in [0.29, 0.717) is 17.7 Å². The number of hydrogen-bond acceptors (Lipinski definition) is 4. The largest absolute Gasteiger partial charge is 0.472 e. The van der Waals surface area contributed by atoms with Gasteiger partial charge in [-0.2, -0.15) is 26.3 Å². The fourth-order valence-electron chi connectivity index (χ4n) is 5.13. The van der Waals surface area contributed by atoms with Crippen LogP contribution in [0, 0.1) is 5.82 Å². The first-order valence-corrected chi connectivity index (χ1v) is 13.5. The van der Waals surface area contributed by atoms with Crippen LogP contribution in [-0.4, -0.2) is 47.3 Å². The van der Waals surface area contributed by atoms with E-state index < -0.39 is 53.3 Å². The third-order valence-corrected chi connectivity index (χ3v) is 7.67. The normalized spacial score (nSPS) is 17.8. The molecule has 0 aliphatic carbocycles. The minimum absolute atomic E-state index is 0.00837. The maximum absolute atomic E-state index is 14.6. The van der Waals surface area contributed by atoms with E-state index in [0.717, 1.165) is 6.07 Å². The lowest BCUT2D eigenvalue weighted by Gasteiger charge is -2.41. The van der Waals surface area contributed by atoms with Crippen molar-refractivity contribution in [3.05, 3.63) is 100 Å². The molecular weight excluding hydrogens is 619 g/mol. The van der Waals surface area contributed by atoms with Crippen LogP contribution in [0.4, 0.5) is 36.4 Å². The van der Waals surface area contributed by atoms with E-state index in [2.05, 4.69) is 11.9 Å². The van der Waals surface area contributed by atoms with Gasteiger partial charge in [0.2, 0.25) is 5.91 Å². The summed E-state index contributed by atoms with van der Waals surface area (Å²) in [5.41, 5.74) is -2.40. The Hall–Kier alpha value is -4.26. The van der Waals surface area contributed by atoms with Crippen molar-refractivity contribution in [2.75, 3.05) is 25.0 Å². The van der Waals surface area contributed by atoms with Gasteiger partial charge in [0, 0.05) is 23.7 Å². The summed E-state index contributed by atoms with van der Waals surface area (Å²) in [4.78, 5) is 29.6. The zero-order valence-electron chi connectivity index (χ0n) is 22.8. The van der Waals surface area contributed by atoms with E-state index in [1.165, 1.54) is 41.0 Å². The summed E-state index contributed by atoms with van der Waals surface area (Å²) in [5, 5.41) is 2.89. The first kappa shape index (κ1) is 31.2. The van der Waals surface area contributed by atoms with Gasteiger partial charge in [0.1, 0.15) is 18.0 Å². The van der Waals surface area contributed by atoms with Crippen molar-refractivity contribution in [2.24, 2.45) is 0 Å². The molecule has 3 aromatic rings. The van der Waals surface area contributed by atoms with Crippen LogP contribution in [0.25, 0.3) is 11.1 Å². The number of nitrogens with one attached hydrogen (secondary N) is 1. The number of anilines is 1. The van der Waals surface area contributed by atoms with Gasteiger partial charge in [0.25, 0.3) is 5.91 Å². The number of halogens is 8. The van der Waals surface area contributed by atoms with Crippen LogP contribution >= 0.6 is 11.6 Å². The number of ether oxygens (including phenoxy) is 1. The molecule has 232 valence electrons. The van der Waals surface area contributed by atoms with Gasteiger partial charge in [-0.1, -0.05) is 17.7 Å². The number of hydrogen-bond donors (Lipinski definition) is 1. The molecule has 6 nitrogen and oxygen atoms in total. The minimum atomic E-state index is -5.02. The van der Waals surface area contributed by atoms with E-state index in [4.69, 9.17) is 16.3 Å². The van der Waals surface area contributed by atoms with E-state index in [1.54, 1.807) is 6.07 Å². The highest BCUT2D eigenvalue weighted by molar-refractivity contribution is 6.30. The fraction of sp³-hybridized carbons (Fsp3) is 0.267. The van der Waals surface area contributed by atoms with Crippen molar-refractivity contribution in [2.45, 2.75) is 31.4 Å². The number of nitrogens with zero attached hydrogens (tertiary/aromatic N) is 2. The zero-order valence-corrected chi connectivity index (χ0v) is 23.6. The molecule has 2 heterocycles. The van der Waals surface area contributed by atoms with Gasteiger partial charge in [0.15, 0.2) is 5.88 Å². The first-order chi connectivity index (χ1) is 20.5. The molecule has 5 rings (SSSR count). The summed E-state index contributed by atoms with van der Waals surface area (Å²) in [6, 6.07) is 8.74. The van der Waals surface area contributed by atoms with Gasteiger partial charge in [-0.15, -0.1) is 0 Å². The molecule has 1 fully saturated rings. The van der Waals surface area contributed by atoms with Crippen LogP contribution in [0.5, 0.6) is 0 Å². The maximum Gasteiger partial charge on any atom is 0.416 e. The summed E-state index contributed by atoms with van der Waals surface area (Å²) < 4.78 is 100. The van der Waals surface area contributed by atoms with Crippen LogP contribution in [0.1, 0.15) is 40.1 Å². The lowest BCUT2D eigenvalue weighted by atomic mass is 10.0. The highest BCUT2D eigenvalue weighted by Gasteiger charge is 2.41. The molecule has 2 atom stereocenters. The SMILES string of the molecule is C=C(O[C@H](C)c1cc(C(F)(F)F)cc(C(F)(F)F)c1)N1CCN2C(=O)c3cc(-c4ccc(Cl)cc4F)ccc3NC(=O)C2C1. The zero-order chi connectivity index (χ0) is 32.1. The standard InChI is InChI=1S/C30H23ClF7N3O3/c1-15(18-9-19(29(33,34)35)12-20(10-18)30(36,37)38)44-16(2)40-7-8-41-26(14-40)27(42)39-25-6-3-17(11-23(25)28(41)43)22-5-4-21(31)13-24(22)32/h3-6,9-13,15,26H,2,7-8,14H2,1H3,(H,39,42)/t15-,26?/m1/s1. The summed E-state index contributed by atoms with van der Waals surface area (Å²) in [5.74, 6) is -1.74. The van der Waals surface area contributed by atoms with Crippen LogP contribution in [0.15, 0.2) is 67.1 Å². The quantitative estimate of drug-likeness (QED) is 0.231. The number of rotatable bonds is 5. The summed E-state index contributed by atoms with van der Waals surface area (Å²) in [6.45, 7) is 5.03. The Kier molecular flexibility index (Phi) is 8.04. The second-order valence-electron chi connectivity index (χ2n) is 10.3. The fourth-order valence-corrected chi connectivity index (χ4v) is 5.29. The van der Waals surface area contributed by atoms with Gasteiger partial charge < -0.3 is 19.9 Å². The Morgan fingerprint density at radius 3 is 2.23 bits per heavy atom. The van der Waals surface area contributed by atoms with Gasteiger partial charge in [-0.3, -0.25) is 9.59 Å². The topological polar surface area (TPSA) is 61.9 Å². The van der Waals surface area contributed by atoms with Crippen molar-refractivity contribution in [1.29, 1.82) is 0 Å². The van der Waals surface area contributed by atoms with Gasteiger partial charge >= 0.3 is 12.4 Å². The molecule has 2 aliphatic rings. The average Bonchev–Trinajstić information content (AvgIpc) is 3.05. The van der Waals surface area contributed by atoms with Crippen molar-refractivity contribution >= 4 is 29.1 Å². The number of benzene rings is 3. The molecule has 0 bridgehead atoms. The highest BCUT2D eigenvalue weighted by atomic mass is 35.5. The molecular formula is C30H23ClF7N3O3. The molecule has 44 heavy (non-hydrogen) atoms. The predicted molar refractivity (Wildman–Crippen MR) is 147 cm³/mol. The Morgan fingerprint density at radius 1 is 0.955 bits per heavy atom. The third kappa shape index (κ3) is 6.19. The summed E-state index contributed by atoms with van der Waals surface area (Å²) >= 11 is 5.85. The molecule has 2 amide bonds. The van der Waals surface area contributed by atoms with Crippen LogP contribution in [-0.2, 0) is 21.9 Å². The molecule has 0 saturated carbocycles. The lowest BCUT2D eigenvalue weighted by Crippen LogP contribution is -2.58. The van der Waals surface area contributed by atoms with Crippen LogP contribution < -0.4 is 5.32 Å². The molecule has 3 aromatic carbocycles. The minimum Gasteiger partial charge on any atom is -0.472 e. The Labute approximate surface area is 251 Å². The summed E-state index contributed by atoms with van der Waals surface area (Å²) in [6.07, 6.45) is -11.3. The Morgan fingerprint density at radius 2 is 1.61 bits per heavy atom. The van der Waals surface area contributed by atoms with Crippen molar-refractivity contribution in [3.8, 4) is 11.1 Å². The van der Waals surface area contributed by atoms with Gasteiger partial charge in [-0.25, -0.2) is 4.39 Å². The number of piperazine rings is 1. The van der Waals surface area contributed by atoms with E-state index >= 15 is 0 Å². The number of amides is 2. The van der Waals surface area contributed by atoms with Crippen molar-refractivity contribution < 1.29 is 45.1 Å². The second-order valence-corrected chi connectivity index (χ2v) is 10.8. The molecule has 2 aliphatic heterocycles. The second kappa shape index (κ2) is 11.3. The molecule has 1 saturated heterocycles. The van der Waals surface area contributed by atoms with Gasteiger partial charge in [-0.05, 0) is 73.2 Å². The molecule has 1 unspecified atom stereocenters. The first-order valence-electron chi connectivity index (χ1n) is 13.1. The maximum atomic E-state index is 14.6. The van der Waals surface area contributed by atoms with Crippen LogP contribution in [0.3, 0.4) is 0 Å². The molecule has 0 aromatic heterocycles. The molecule has 1 N–H and O–H groups in total. The Bertz CT molecular complexity index is 1630. The van der Waals surface area contributed by atoms with E-state index in [1.807, 2.05) is 0 Å². The third-order valence-electron chi connectivity index (χ3n) is 7.44. The predicted octanol–water partition coefficient (Wildman–Crippen LogP) is 7.51. The molecule has 0 spiro atoms. The van der Waals surface area contributed by atoms with E-state index in [9.17, 15) is 40.3 Å². The molecule has 0 radical (unpaired) electrons. The average molecular weight is 642 g/mol. The summed E-state index contributed by atoms with van der Waals surface area (Å²) in [7, 11) is 0. The smallest absolute Gasteiger partial charge is 0.416 e. The van der Waals surface area contributed by atoms with Crippen molar-refractivity contribution in [3.63, 3.8) is 0 Å². The van der Waals surface area contributed by atoms with E-state index in [-0.39, 0.29) is 59.0 Å². The lowest BCUT2D eigenvalue weighted by molar-refractivity contribution is -0.143. The van der Waals surface area contributed by atoms with Crippen LogP contribution in [0.2, 0.25) is 5.02 Å². The number of alkyl halides is 6. The monoisotopic (exact) mass is 641 g/mol. The number of carbonyl (C=O) groups is 2. The molecule has 14 heteroatoms. The number of fused-ring (bicyclic) bond motifs is 2. The van der Waals surface area contributed by atoms with Crippen molar-refractivity contribution in [1.82, 2.24) is 9.80 Å². The Balaban J connectivity index is 1.34.